The third-order valence-electron chi connectivity index (χ3n) is 2.95. The normalized spacial score (nSPS) is 11.9. The van der Waals surface area contributed by atoms with E-state index in [2.05, 4.69) is 6.58 Å². The predicted molar refractivity (Wildman–Crippen MR) is 77.1 cm³/mol. The van der Waals surface area contributed by atoms with E-state index >= 15 is 0 Å². The molecule has 2 rings (SSSR count). The SMILES string of the molecule is C=CC(O)c1ccc(C)cc1OCc1ccccc1. The molecule has 0 amide bonds. The first-order valence-corrected chi connectivity index (χ1v) is 6.28. The fourth-order valence-electron chi connectivity index (χ4n) is 1.87. The van der Waals surface area contributed by atoms with Crippen molar-refractivity contribution >= 4 is 0 Å². The van der Waals surface area contributed by atoms with E-state index in [1.54, 1.807) is 0 Å². The molecular formula is C17H18O2. The van der Waals surface area contributed by atoms with Gasteiger partial charge >= 0.3 is 0 Å². The molecule has 0 aliphatic carbocycles. The number of hydrogen-bond acceptors (Lipinski definition) is 2. The van der Waals surface area contributed by atoms with Gasteiger partial charge in [0, 0.05) is 5.56 Å². The van der Waals surface area contributed by atoms with Crippen LogP contribution in [-0.4, -0.2) is 5.11 Å². The minimum Gasteiger partial charge on any atom is -0.489 e. The summed E-state index contributed by atoms with van der Waals surface area (Å²) in [6, 6.07) is 15.7. The van der Waals surface area contributed by atoms with Gasteiger partial charge < -0.3 is 9.84 Å². The number of aryl methyl sites for hydroxylation is 1. The summed E-state index contributed by atoms with van der Waals surface area (Å²) < 4.78 is 5.82. The molecule has 0 aliphatic rings. The fourth-order valence-corrected chi connectivity index (χ4v) is 1.87. The Hall–Kier alpha value is -2.06. The van der Waals surface area contributed by atoms with Crippen LogP contribution in [0, 0.1) is 6.92 Å². The third-order valence-corrected chi connectivity index (χ3v) is 2.95. The molecule has 2 aromatic carbocycles. The molecule has 0 heterocycles. The maximum atomic E-state index is 9.90. The van der Waals surface area contributed by atoms with Crippen molar-refractivity contribution in [3.05, 3.63) is 77.9 Å². The van der Waals surface area contributed by atoms with Gasteiger partial charge in [0.15, 0.2) is 0 Å². The first-order chi connectivity index (χ1) is 9.20. The Morgan fingerprint density at radius 3 is 2.63 bits per heavy atom. The topological polar surface area (TPSA) is 29.5 Å². The molecule has 0 saturated carbocycles. The van der Waals surface area contributed by atoms with Crippen molar-refractivity contribution in [1.82, 2.24) is 0 Å². The van der Waals surface area contributed by atoms with E-state index in [4.69, 9.17) is 4.74 Å². The lowest BCUT2D eigenvalue weighted by Crippen LogP contribution is -2.01. The average molecular weight is 254 g/mol. The molecule has 98 valence electrons. The van der Waals surface area contributed by atoms with E-state index < -0.39 is 6.10 Å². The lowest BCUT2D eigenvalue weighted by Gasteiger charge is -2.14. The molecule has 2 heteroatoms. The largest absolute Gasteiger partial charge is 0.489 e. The Kier molecular flexibility index (Phi) is 4.37. The zero-order valence-corrected chi connectivity index (χ0v) is 11.0. The summed E-state index contributed by atoms with van der Waals surface area (Å²) in [6.07, 6.45) is 0.798. The van der Waals surface area contributed by atoms with Crippen molar-refractivity contribution < 1.29 is 9.84 Å². The Morgan fingerprint density at radius 2 is 1.95 bits per heavy atom. The minimum atomic E-state index is -0.702. The highest BCUT2D eigenvalue weighted by molar-refractivity contribution is 5.40. The first kappa shape index (κ1) is 13.4. The van der Waals surface area contributed by atoms with E-state index in [0.717, 1.165) is 16.7 Å². The van der Waals surface area contributed by atoms with E-state index in [9.17, 15) is 5.11 Å². The second-order valence-corrected chi connectivity index (χ2v) is 4.50. The van der Waals surface area contributed by atoms with Crippen LogP contribution in [0.5, 0.6) is 5.75 Å². The average Bonchev–Trinajstić information content (AvgIpc) is 2.45. The molecule has 0 saturated heterocycles. The van der Waals surface area contributed by atoms with E-state index in [-0.39, 0.29) is 0 Å². The fraction of sp³-hybridized carbons (Fsp3) is 0.176. The van der Waals surface area contributed by atoms with Crippen LogP contribution in [0.3, 0.4) is 0 Å². The van der Waals surface area contributed by atoms with E-state index in [1.807, 2.05) is 55.5 Å². The van der Waals surface area contributed by atoms with Crippen LogP contribution >= 0.6 is 0 Å². The van der Waals surface area contributed by atoms with Gasteiger partial charge in [-0.15, -0.1) is 6.58 Å². The Labute approximate surface area is 114 Å². The van der Waals surface area contributed by atoms with Crippen molar-refractivity contribution in [3.63, 3.8) is 0 Å². The van der Waals surface area contributed by atoms with Crippen LogP contribution in [0.25, 0.3) is 0 Å². The molecule has 1 N–H and O–H groups in total. The molecular weight excluding hydrogens is 236 g/mol. The van der Waals surface area contributed by atoms with E-state index in [1.165, 1.54) is 6.08 Å². The molecule has 0 fully saturated rings. The molecule has 2 nitrogen and oxygen atoms in total. The minimum absolute atomic E-state index is 0.487. The van der Waals surface area contributed by atoms with Crippen molar-refractivity contribution in [2.24, 2.45) is 0 Å². The maximum absolute atomic E-state index is 9.90. The Morgan fingerprint density at radius 1 is 1.21 bits per heavy atom. The summed E-state index contributed by atoms with van der Waals surface area (Å²) in [5.74, 6) is 0.705. The van der Waals surface area contributed by atoms with Crippen molar-refractivity contribution in [1.29, 1.82) is 0 Å². The highest BCUT2D eigenvalue weighted by Crippen LogP contribution is 2.27. The monoisotopic (exact) mass is 254 g/mol. The van der Waals surface area contributed by atoms with Crippen LogP contribution in [-0.2, 0) is 6.61 Å². The summed E-state index contributed by atoms with van der Waals surface area (Å²) in [7, 11) is 0. The van der Waals surface area contributed by atoms with Gasteiger partial charge in [0.1, 0.15) is 18.5 Å². The molecule has 2 aromatic rings. The Bertz CT molecular complexity index is 546. The second kappa shape index (κ2) is 6.21. The Balaban J connectivity index is 2.19. The van der Waals surface area contributed by atoms with Gasteiger partial charge in [0.25, 0.3) is 0 Å². The van der Waals surface area contributed by atoms with Crippen molar-refractivity contribution in [2.75, 3.05) is 0 Å². The van der Waals surface area contributed by atoms with Crippen LogP contribution in [0.1, 0.15) is 22.8 Å². The highest BCUT2D eigenvalue weighted by Gasteiger charge is 2.10. The van der Waals surface area contributed by atoms with Gasteiger partial charge in [-0.25, -0.2) is 0 Å². The zero-order chi connectivity index (χ0) is 13.7. The quantitative estimate of drug-likeness (QED) is 0.822. The number of rotatable bonds is 5. The van der Waals surface area contributed by atoms with Crippen LogP contribution < -0.4 is 4.74 Å². The number of aliphatic hydroxyl groups is 1. The van der Waals surface area contributed by atoms with E-state index in [0.29, 0.717) is 12.4 Å². The summed E-state index contributed by atoms with van der Waals surface area (Å²) in [5, 5.41) is 9.90. The van der Waals surface area contributed by atoms with Gasteiger partial charge in [-0.1, -0.05) is 48.5 Å². The predicted octanol–water partition coefficient (Wildman–Crippen LogP) is 3.79. The standard InChI is InChI=1S/C17H18O2/c1-3-16(18)15-10-9-13(2)11-17(15)19-12-14-7-5-4-6-8-14/h3-11,16,18H,1,12H2,2H3. The molecule has 0 radical (unpaired) electrons. The molecule has 1 atom stereocenters. The molecule has 1 unspecified atom stereocenters. The van der Waals surface area contributed by atoms with Gasteiger partial charge in [-0.2, -0.15) is 0 Å². The number of benzene rings is 2. The summed E-state index contributed by atoms with van der Waals surface area (Å²) in [5.41, 5.74) is 2.95. The molecule has 0 aliphatic heterocycles. The summed E-state index contributed by atoms with van der Waals surface area (Å²) in [4.78, 5) is 0. The lowest BCUT2D eigenvalue weighted by molar-refractivity contribution is 0.217. The molecule has 0 spiro atoms. The van der Waals surface area contributed by atoms with Crippen LogP contribution in [0.2, 0.25) is 0 Å². The third kappa shape index (κ3) is 3.46. The van der Waals surface area contributed by atoms with Crippen LogP contribution in [0.4, 0.5) is 0 Å². The van der Waals surface area contributed by atoms with Gasteiger partial charge in [0.05, 0.1) is 0 Å². The highest BCUT2D eigenvalue weighted by atomic mass is 16.5. The van der Waals surface area contributed by atoms with Gasteiger partial charge in [-0.3, -0.25) is 0 Å². The second-order valence-electron chi connectivity index (χ2n) is 4.50. The number of hydrogen-bond donors (Lipinski definition) is 1. The molecule has 19 heavy (non-hydrogen) atoms. The summed E-state index contributed by atoms with van der Waals surface area (Å²) in [6.45, 7) is 6.10. The smallest absolute Gasteiger partial charge is 0.126 e. The summed E-state index contributed by atoms with van der Waals surface area (Å²) >= 11 is 0. The van der Waals surface area contributed by atoms with Crippen molar-refractivity contribution in [3.8, 4) is 5.75 Å². The van der Waals surface area contributed by atoms with Gasteiger partial charge in [-0.05, 0) is 24.1 Å². The lowest BCUT2D eigenvalue weighted by atomic mass is 10.1. The maximum Gasteiger partial charge on any atom is 0.126 e. The zero-order valence-electron chi connectivity index (χ0n) is 11.0. The van der Waals surface area contributed by atoms with Crippen molar-refractivity contribution in [2.45, 2.75) is 19.6 Å². The molecule has 0 bridgehead atoms. The van der Waals surface area contributed by atoms with Crippen LogP contribution in [0.15, 0.2) is 61.2 Å². The molecule has 0 aromatic heterocycles. The number of ether oxygens (including phenoxy) is 1. The van der Waals surface area contributed by atoms with Gasteiger partial charge in [0.2, 0.25) is 0 Å². The first-order valence-electron chi connectivity index (χ1n) is 6.28. The number of aliphatic hydroxyl groups excluding tert-OH is 1.